The van der Waals surface area contributed by atoms with Crippen molar-refractivity contribution in [1.82, 2.24) is 10.6 Å². The second-order valence-electron chi connectivity index (χ2n) is 3.95. The molecule has 94 valence electrons. The molecule has 0 radical (unpaired) electrons. The molecule has 1 heterocycles. The second-order valence-corrected chi connectivity index (χ2v) is 3.95. The molecule has 1 saturated heterocycles. The minimum absolute atomic E-state index is 0.138. The van der Waals surface area contributed by atoms with E-state index in [1.54, 1.807) is 0 Å². The lowest BCUT2D eigenvalue weighted by Gasteiger charge is -2.25. The first-order valence-electron chi connectivity index (χ1n) is 5.29. The van der Waals surface area contributed by atoms with Crippen molar-refractivity contribution in [3.05, 3.63) is 35.1 Å². The van der Waals surface area contributed by atoms with Gasteiger partial charge in [-0.3, -0.25) is 0 Å². The zero-order chi connectivity index (χ0) is 12.5. The van der Waals surface area contributed by atoms with Gasteiger partial charge in [-0.15, -0.1) is 0 Å². The smallest absolute Gasteiger partial charge is 0.314 e. The molecule has 1 aromatic rings. The molecule has 1 atom stereocenters. The maximum absolute atomic E-state index is 13.3. The van der Waals surface area contributed by atoms with Gasteiger partial charge in [-0.2, -0.15) is 13.2 Å². The first kappa shape index (κ1) is 12.3. The topological polar surface area (TPSA) is 24.1 Å². The van der Waals surface area contributed by atoms with Crippen LogP contribution >= 0.6 is 0 Å². The van der Waals surface area contributed by atoms with Crippen LogP contribution in [-0.4, -0.2) is 19.6 Å². The van der Waals surface area contributed by atoms with E-state index in [-0.39, 0.29) is 6.04 Å². The van der Waals surface area contributed by atoms with Crippen LogP contribution in [0.2, 0.25) is 0 Å². The number of hydrogen-bond acceptors (Lipinski definition) is 2. The third-order valence-corrected chi connectivity index (χ3v) is 2.74. The van der Waals surface area contributed by atoms with Crippen LogP contribution in [0.25, 0.3) is 0 Å². The Kier molecular flexibility index (Phi) is 3.35. The minimum Gasteiger partial charge on any atom is -0.314 e. The molecule has 1 aliphatic rings. The SMILES string of the molecule is Fc1cc(C2CNCCN2)ccc1C(F)(F)F. The zero-order valence-corrected chi connectivity index (χ0v) is 8.94. The summed E-state index contributed by atoms with van der Waals surface area (Å²) in [5.74, 6) is -1.22. The van der Waals surface area contributed by atoms with Gasteiger partial charge in [0.25, 0.3) is 0 Å². The summed E-state index contributed by atoms with van der Waals surface area (Å²) in [6, 6.07) is 2.92. The number of piperazine rings is 1. The number of hydrogen-bond donors (Lipinski definition) is 2. The van der Waals surface area contributed by atoms with Crippen molar-refractivity contribution < 1.29 is 17.6 Å². The Bertz CT molecular complexity index is 397. The molecule has 0 aromatic heterocycles. The average molecular weight is 248 g/mol. The summed E-state index contributed by atoms with van der Waals surface area (Å²) in [6.07, 6.45) is -4.64. The molecule has 17 heavy (non-hydrogen) atoms. The van der Waals surface area contributed by atoms with Gasteiger partial charge in [0.1, 0.15) is 5.82 Å². The van der Waals surface area contributed by atoms with Gasteiger partial charge >= 0.3 is 6.18 Å². The third-order valence-electron chi connectivity index (χ3n) is 2.74. The Hall–Kier alpha value is -1.14. The summed E-state index contributed by atoms with van der Waals surface area (Å²) in [7, 11) is 0. The van der Waals surface area contributed by atoms with E-state index >= 15 is 0 Å². The Labute approximate surface area is 96.0 Å². The maximum Gasteiger partial charge on any atom is 0.419 e. The zero-order valence-electron chi connectivity index (χ0n) is 8.94. The van der Waals surface area contributed by atoms with Gasteiger partial charge in [-0.05, 0) is 17.7 Å². The summed E-state index contributed by atoms with van der Waals surface area (Å²) in [5.41, 5.74) is -0.687. The summed E-state index contributed by atoms with van der Waals surface area (Å²) < 4.78 is 50.4. The van der Waals surface area contributed by atoms with Crippen LogP contribution in [0, 0.1) is 5.82 Å². The Morgan fingerprint density at radius 3 is 2.47 bits per heavy atom. The lowest BCUT2D eigenvalue weighted by atomic mass is 10.0. The quantitative estimate of drug-likeness (QED) is 0.743. The van der Waals surface area contributed by atoms with Crippen molar-refractivity contribution in [3.63, 3.8) is 0 Å². The highest BCUT2D eigenvalue weighted by Crippen LogP contribution is 2.32. The van der Waals surface area contributed by atoms with Crippen molar-refractivity contribution in [2.75, 3.05) is 19.6 Å². The second kappa shape index (κ2) is 4.62. The molecular weight excluding hydrogens is 236 g/mol. The standard InChI is InChI=1S/C11H12F4N2/c12-9-5-7(10-6-16-3-4-17-10)1-2-8(9)11(13,14)15/h1-2,5,10,16-17H,3-4,6H2. The van der Waals surface area contributed by atoms with Gasteiger partial charge in [-0.25, -0.2) is 4.39 Å². The maximum atomic E-state index is 13.3. The molecule has 1 aromatic carbocycles. The normalized spacial score (nSPS) is 21.5. The van der Waals surface area contributed by atoms with Crippen molar-refractivity contribution >= 4 is 0 Å². The number of alkyl halides is 3. The van der Waals surface area contributed by atoms with Crippen LogP contribution in [0.4, 0.5) is 17.6 Å². The van der Waals surface area contributed by atoms with Crippen molar-refractivity contribution in [3.8, 4) is 0 Å². The van der Waals surface area contributed by atoms with Crippen LogP contribution in [0.15, 0.2) is 18.2 Å². The Morgan fingerprint density at radius 2 is 1.94 bits per heavy atom. The number of benzene rings is 1. The van der Waals surface area contributed by atoms with Crippen LogP contribution in [0.1, 0.15) is 17.2 Å². The van der Waals surface area contributed by atoms with E-state index in [1.807, 2.05) is 0 Å². The number of rotatable bonds is 1. The molecule has 1 aliphatic heterocycles. The summed E-state index contributed by atoms with van der Waals surface area (Å²) >= 11 is 0. The van der Waals surface area contributed by atoms with Gasteiger partial charge in [0.2, 0.25) is 0 Å². The number of nitrogens with one attached hydrogen (secondary N) is 2. The van der Waals surface area contributed by atoms with Gasteiger partial charge < -0.3 is 10.6 Å². The van der Waals surface area contributed by atoms with E-state index in [1.165, 1.54) is 6.07 Å². The fourth-order valence-electron chi connectivity index (χ4n) is 1.87. The predicted molar refractivity (Wildman–Crippen MR) is 55.0 cm³/mol. The summed E-state index contributed by atoms with van der Waals surface area (Å²) in [5, 5.41) is 6.20. The summed E-state index contributed by atoms with van der Waals surface area (Å²) in [4.78, 5) is 0. The lowest BCUT2D eigenvalue weighted by Crippen LogP contribution is -2.42. The molecule has 0 saturated carbocycles. The lowest BCUT2D eigenvalue weighted by molar-refractivity contribution is -0.140. The Morgan fingerprint density at radius 1 is 1.18 bits per heavy atom. The number of halogens is 4. The molecule has 2 rings (SSSR count). The highest BCUT2D eigenvalue weighted by atomic mass is 19.4. The van der Waals surface area contributed by atoms with E-state index < -0.39 is 17.6 Å². The van der Waals surface area contributed by atoms with Crippen LogP contribution < -0.4 is 10.6 Å². The largest absolute Gasteiger partial charge is 0.419 e. The van der Waals surface area contributed by atoms with Gasteiger partial charge in [0.15, 0.2) is 0 Å². The molecule has 6 heteroatoms. The van der Waals surface area contributed by atoms with Crippen LogP contribution in [0.3, 0.4) is 0 Å². The van der Waals surface area contributed by atoms with Gasteiger partial charge in [0.05, 0.1) is 5.56 Å². The average Bonchev–Trinajstić information content (AvgIpc) is 2.28. The van der Waals surface area contributed by atoms with Gasteiger partial charge in [0, 0.05) is 25.7 Å². The van der Waals surface area contributed by atoms with Crippen molar-refractivity contribution in [1.29, 1.82) is 0 Å². The minimum atomic E-state index is -4.64. The van der Waals surface area contributed by atoms with Crippen molar-refractivity contribution in [2.24, 2.45) is 0 Å². The molecule has 0 aliphatic carbocycles. The first-order valence-corrected chi connectivity index (χ1v) is 5.29. The monoisotopic (exact) mass is 248 g/mol. The molecular formula is C11H12F4N2. The van der Waals surface area contributed by atoms with Crippen molar-refractivity contribution in [2.45, 2.75) is 12.2 Å². The molecule has 2 N–H and O–H groups in total. The predicted octanol–water partition coefficient (Wildman–Crippen LogP) is 2.08. The molecule has 0 amide bonds. The molecule has 0 bridgehead atoms. The highest BCUT2D eigenvalue weighted by Gasteiger charge is 2.34. The van der Waals surface area contributed by atoms with Crippen LogP contribution in [-0.2, 0) is 6.18 Å². The van der Waals surface area contributed by atoms with E-state index in [4.69, 9.17) is 0 Å². The molecule has 0 spiro atoms. The fraction of sp³-hybridized carbons (Fsp3) is 0.455. The Balaban J connectivity index is 2.24. The molecule has 2 nitrogen and oxygen atoms in total. The fourth-order valence-corrected chi connectivity index (χ4v) is 1.87. The van der Waals surface area contributed by atoms with E-state index in [0.717, 1.165) is 18.7 Å². The molecule has 1 unspecified atom stereocenters. The summed E-state index contributed by atoms with van der Waals surface area (Å²) in [6.45, 7) is 2.11. The third kappa shape index (κ3) is 2.76. The van der Waals surface area contributed by atoms with Gasteiger partial charge in [-0.1, -0.05) is 6.07 Å². The van der Waals surface area contributed by atoms with E-state index in [0.29, 0.717) is 18.7 Å². The highest BCUT2D eigenvalue weighted by molar-refractivity contribution is 5.29. The molecule has 1 fully saturated rings. The first-order chi connectivity index (χ1) is 7.98. The van der Waals surface area contributed by atoms with E-state index in [9.17, 15) is 17.6 Å². The van der Waals surface area contributed by atoms with Crippen LogP contribution in [0.5, 0.6) is 0 Å². The van der Waals surface area contributed by atoms with E-state index in [2.05, 4.69) is 10.6 Å².